The van der Waals surface area contributed by atoms with Crippen molar-refractivity contribution in [1.29, 1.82) is 0 Å². The predicted octanol–water partition coefficient (Wildman–Crippen LogP) is 6.93. The van der Waals surface area contributed by atoms with Gasteiger partial charge in [0, 0.05) is 29.9 Å². The Hall–Kier alpha value is -6.64. The van der Waals surface area contributed by atoms with Gasteiger partial charge in [0.25, 0.3) is 5.91 Å². The number of carbonyl (C=O) groups is 4. The van der Waals surface area contributed by atoms with E-state index in [0.717, 1.165) is 95.0 Å². The fourth-order valence-corrected chi connectivity index (χ4v) is 9.37. The van der Waals surface area contributed by atoms with Gasteiger partial charge in [-0.3, -0.25) is 9.59 Å². The van der Waals surface area contributed by atoms with Crippen LogP contribution in [-0.2, 0) is 38.5 Å². The molecular formula is C46H50N8O7. The Morgan fingerprint density at radius 2 is 1.51 bits per heavy atom. The average molecular weight is 827 g/mol. The molecule has 4 atom stereocenters. The van der Waals surface area contributed by atoms with Gasteiger partial charge in [0.15, 0.2) is 0 Å². The Morgan fingerprint density at radius 1 is 0.787 bits per heavy atom. The van der Waals surface area contributed by atoms with E-state index in [2.05, 4.69) is 50.9 Å². The van der Waals surface area contributed by atoms with E-state index in [1.807, 2.05) is 55.3 Å². The monoisotopic (exact) mass is 826 g/mol. The number of hydrogen-bond acceptors (Lipinski definition) is 9. The van der Waals surface area contributed by atoms with Gasteiger partial charge in [-0.25, -0.2) is 19.6 Å². The number of aryl methyl sites for hydroxylation is 2. The number of nitrogens with zero attached hydrogens (tertiary/aromatic N) is 4. The fraction of sp³-hybridized carbons (Fsp3) is 0.391. The molecule has 4 N–H and O–H groups in total. The number of aromatic amines is 2. The van der Waals surface area contributed by atoms with Crippen LogP contribution in [0.2, 0.25) is 0 Å². The first-order chi connectivity index (χ1) is 29.6. The van der Waals surface area contributed by atoms with Gasteiger partial charge >= 0.3 is 12.2 Å². The minimum atomic E-state index is -0.890. The van der Waals surface area contributed by atoms with E-state index in [0.29, 0.717) is 31.1 Å². The van der Waals surface area contributed by atoms with E-state index in [-0.39, 0.29) is 29.8 Å². The second-order valence-electron chi connectivity index (χ2n) is 16.5. The number of fused-ring (bicyclic) bond motifs is 6. The zero-order valence-corrected chi connectivity index (χ0v) is 34.7. The summed E-state index contributed by atoms with van der Waals surface area (Å²) in [6, 6.07) is 17.8. The van der Waals surface area contributed by atoms with Crippen molar-refractivity contribution in [2.24, 2.45) is 5.92 Å². The van der Waals surface area contributed by atoms with Gasteiger partial charge in [-0.2, -0.15) is 0 Å². The number of alkyl carbamates (subject to hydrolysis) is 2. The van der Waals surface area contributed by atoms with E-state index in [9.17, 15) is 19.2 Å². The van der Waals surface area contributed by atoms with Crippen molar-refractivity contribution in [3.63, 3.8) is 0 Å². The van der Waals surface area contributed by atoms with E-state index in [1.165, 1.54) is 19.8 Å². The van der Waals surface area contributed by atoms with Crippen molar-refractivity contribution in [3.05, 3.63) is 101 Å². The number of hydrogen-bond donors (Lipinski definition) is 4. The quantitative estimate of drug-likeness (QED) is 0.122. The molecule has 15 heteroatoms. The standard InChI is InChI=1S/C46H50N8O7/c1-25(2)38(51-45(57)59-3)43(55)54-19-9-13-36(54)42-48-33-17-15-27-21-32-30-16-14-28(20-29(30)24-61-37(32)22-31(27)40(33)50-42)34-23-47-41(49-34)35-12-8-18-53(35)44(56)39(52-46(58)60-4)26-10-6-5-7-11-26/h5-7,10-11,14,16,20-23,25,35-36,38-39H,8-9,12-13,15,17-19,24H2,1-4H3,(H,47,49)(H,48,50)(H,51,57)(H,52,58)/t35-,36-,38-,39?/m0/s1. The van der Waals surface area contributed by atoms with Crippen LogP contribution >= 0.6 is 0 Å². The summed E-state index contributed by atoms with van der Waals surface area (Å²) in [5.41, 5.74) is 9.85. The lowest BCUT2D eigenvalue weighted by molar-refractivity contribution is -0.135. The number of ether oxygens (including phenoxy) is 3. The summed E-state index contributed by atoms with van der Waals surface area (Å²) >= 11 is 0. The maximum Gasteiger partial charge on any atom is 0.407 e. The molecule has 4 amide bonds. The van der Waals surface area contributed by atoms with Crippen LogP contribution in [0.25, 0.3) is 33.6 Å². The molecule has 5 heterocycles. The summed E-state index contributed by atoms with van der Waals surface area (Å²) in [7, 11) is 2.58. The molecule has 0 saturated carbocycles. The highest BCUT2D eigenvalue weighted by atomic mass is 16.5. The Labute approximate surface area is 353 Å². The molecule has 61 heavy (non-hydrogen) atoms. The van der Waals surface area contributed by atoms with Gasteiger partial charge in [-0.1, -0.05) is 56.3 Å². The number of methoxy groups -OCH3 is 2. The van der Waals surface area contributed by atoms with E-state index < -0.39 is 24.3 Å². The van der Waals surface area contributed by atoms with Crippen molar-refractivity contribution in [3.8, 4) is 39.4 Å². The summed E-state index contributed by atoms with van der Waals surface area (Å²) in [6.45, 7) is 5.35. The van der Waals surface area contributed by atoms with E-state index in [4.69, 9.17) is 24.2 Å². The summed E-state index contributed by atoms with van der Waals surface area (Å²) in [5, 5.41) is 5.45. The molecule has 3 aliphatic heterocycles. The van der Waals surface area contributed by atoms with Crippen LogP contribution in [0, 0.1) is 5.92 Å². The third-order valence-electron chi connectivity index (χ3n) is 12.5. The largest absolute Gasteiger partial charge is 0.488 e. The number of aromatic nitrogens is 4. The molecule has 316 valence electrons. The third kappa shape index (κ3) is 7.46. The zero-order valence-electron chi connectivity index (χ0n) is 34.7. The third-order valence-corrected chi connectivity index (χ3v) is 12.5. The maximum absolute atomic E-state index is 14.0. The molecule has 4 aliphatic rings. The van der Waals surface area contributed by atoms with E-state index >= 15 is 0 Å². The molecule has 2 saturated heterocycles. The molecular weight excluding hydrogens is 777 g/mol. The lowest BCUT2D eigenvalue weighted by Gasteiger charge is -2.30. The Morgan fingerprint density at radius 3 is 2.25 bits per heavy atom. The number of rotatable bonds is 9. The topological polar surface area (TPSA) is 184 Å². The molecule has 0 spiro atoms. The SMILES string of the molecule is COC(=O)NC(C(=O)N1CCC[C@H]1c1ncc(-c2ccc3c(c2)COc2cc4c(cc2-3)CCc2[nH]c([C@@H]3CCCN3C(=O)[C@@H](NC(=O)OC)C(C)C)nc2-4)[nH]1)c1ccccc1. The van der Waals surface area contributed by atoms with Crippen LogP contribution in [0.5, 0.6) is 5.75 Å². The summed E-state index contributed by atoms with van der Waals surface area (Å²) in [5.74, 6) is 1.80. The average Bonchev–Trinajstić information content (AvgIpc) is 4.13. The zero-order chi connectivity index (χ0) is 42.4. The second kappa shape index (κ2) is 16.4. The lowest BCUT2D eigenvalue weighted by Crippen LogP contribution is -2.51. The van der Waals surface area contributed by atoms with Gasteiger partial charge in [0.2, 0.25) is 5.91 Å². The predicted molar refractivity (Wildman–Crippen MR) is 225 cm³/mol. The number of imidazole rings is 2. The number of carbonyl (C=O) groups excluding carboxylic acids is 4. The van der Waals surface area contributed by atoms with Crippen molar-refractivity contribution < 1.29 is 33.4 Å². The highest BCUT2D eigenvalue weighted by Crippen LogP contribution is 2.46. The molecule has 5 aromatic rings. The smallest absolute Gasteiger partial charge is 0.407 e. The van der Waals surface area contributed by atoms with Crippen molar-refractivity contribution in [2.75, 3.05) is 27.3 Å². The first-order valence-electron chi connectivity index (χ1n) is 21.0. The molecule has 1 unspecified atom stereocenters. The van der Waals surface area contributed by atoms with Crippen LogP contribution in [0.15, 0.2) is 66.9 Å². The summed E-state index contributed by atoms with van der Waals surface area (Å²) in [4.78, 5) is 72.8. The maximum atomic E-state index is 14.0. The van der Waals surface area contributed by atoms with Gasteiger partial charge in [-0.15, -0.1) is 0 Å². The molecule has 9 rings (SSSR count). The molecule has 0 bridgehead atoms. The van der Waals surface area contributed by atoms with Gasteiger partial charge in [0.05, 0.1) is 43.9 Å². The number of amides is 4. The highest BCUT2D eigenvalue weighted by molar-refractivity contribution is 5.88. The van der Waals surface area contributed by atoms with Gasteiger partial charge < -0.3 is 44.6 Å². The van der Waals surface area contributed by atoms with Crippen molar-refractivity contribution in [1.82, 2.24) is 40.4 Å². The Kier molecular flexibility index (Phi) is 10.7. The number of nitrogens with one attached hydrogen (secondary N) is 4. The number of H-pyrrole nitrogens is 2. The van der Waals surface area contributed by atoms with E-state index in [1.54, 1.807) is 4.90 Å². The molecule has 3 aromatic carbocycles. The molecule has 2 fully saturated rings. The van der Waals surface area contributed by atoms with Crippen molar-refractivity contribution >= 4 is 24.0 Å². The first kappa shape index (κ1) is 39.8. The van der Waals surface area contributed by atoms with Crippen LogP contribution in [0.1, 0.15) is 91.7 Å². The molecule has 2 aromatic heterocycles. The summed E-state index contributed by atoms with van der Waals surface area (Å²) < 4.78 is 16.1. The Balaban J connectivity index is 0.934. The normalized spacial score (nSPS) is 18.6. The minimum absolute atomic E-state index is 0.114. The second-order valence-corrected chi connectivity index (χ2v) is 16.5. The van der Waals surface area contributed by atoms with Gasteiger partial charge in [-0.05, 0) is 90.5 Å². The van der Waals surface area contributed by atoms with Crippen LogP contribution in [-0.4, -0.2) is 87.1 Å². The van der Waals surface area contributed by atoms with Crippen LogP contribution in [0.3, 0.4) is 0 Å². The molecule has 0 radical (unpaired) electrons. The number of benzene rings is 3. The Bertz CT molecular complexity index is 2500. The van der Waals surface area contributed by atoms with Crippen LogP contribution < -0.4 is 15.4 Å². The fourth-order valence-electron chi connectivity index (χ4n) is 9.37. The van der Waals surface area contributed by atoms with Crippen molar-refractivity contribution in [2.45, 2.75) is 83.1 Å². The first-order valence-corrected chi connectivity index (χ1v) is 21.0. The molecule has 15 nitrogen and oxygen atoms in total. The van der Waals surface area contributed by atoms with Gasteiger partial charge in [0.1, 0.15) is 36.1 Å². The van der Waals surface area contributed by atoms with Crippen LogP contribution in [0.4, 0.5) is 9.59 Å². The lowest BCUT2D eigenvalue weighted by atomic mass is 9.86. The number of likely N-dealkylation sites (tertiary alicyclic amines) is 2. The highest BCUT2D eigenvalue weighted by Gasteiger charge is 2.40. The minimum Gasteiger partial charge on any atom is -0.488 e. The summed E-state index contributed by atoms with van der Waals surface area (Å²) in [6.07, 6.45) is 5.32. The molecule has 1 aliphatic carbocycles.